The Labute approximate surface area is 262 Å². The molecule has 2 heterocycles. The third-order valence-electron chi connectivity index (χ3n) is 7.61. The molecule has 4 rings (SSSR count). The van der Waals surface area contributed by atoms with Crippen LogP contribution >= 0.6 is 0 Å². The van der Waals surface area contributed by atoms with Crippen molar-refractivity contribution in [2.75, 3.05) is 20.3 Å². The summed E-state index contributed by atoms with van der Waals surface area (Å²) in [7, 11) is 1.35. The molecule has 0 amide bonds. The zero-order valence-corrected chi connectivity index (χ0v) is 24.8. The Bertz CT molecular complexity index is 1350. The minimum absolute atomic E-state index is 0.287. The zero-order valence-electron chi connectivity index (χ0n) is 24.8. The van der Waals surface area contributed by atoms with Crippen molar-refractivity contribution in [3.63, 3.8) is 0 Å². The van der Waals surface area contributed by atoms with E-state index in [0.717, 1.165) is 6.08 Å². The van der Waals surface area contributed by atoms with Crippen LogP contribution in [0.5, 0.6) is 23.0 Å². The van der Waals surface area contributed by atoms with E-state index in [1.54, 1.807) is 0 Å². The maximum absolute atomic E-state index is 12.4. The van der Waals surface area contributed by atoms with Crippen molar-refractivity contribution in [1.29, 1.82) is 0 Å². The molecule has 0 aliphatic carbocycles. The van der Waals surface area contributed by atoms with Crippen molar-refractivity contribution in [3.05, 3.63) is 53.6 Å². The SMILES string of the molecule is CO[C@H](CO[C@@H]1O[C@H](COC(=O)C=Cc2ccc(O)c(O)c2)[C@@H](O)[C@H](O[C@@H]2O[C@@H](C)[C@H](O)[C@@H](O)[C@H]2O)[C@H]1O)c1ccc(O)c(O)c1. The second kappa shape index (κ2) is 15.4. The summed E-state index contributed by atoms with van der Waals surface area (Å²) in [5, 5.41) is 91.5. The molecule has 46 heavy (non-hydrogen) atoms. The molecule has 2 saturated heterocycles. The largest absolute Gasteiger partial charge is 0.504 e. The first-order valence-corrected chi connectivity index (χ1v) is 14.2. The van der Waals surface area contributed by atoms with Crippen molar-refractivity contribution < 1.29 is 79.2 Å². The molecule has 0 bridgehead atoms. The van der Waals surface area contributed by atoms with E-state index in [9.17, 15) is 50.8 Å². The van der Waals surface area contributed by atoms with Crippen LogP contribution in [0.4, 0.5) is 0 Å². The summed E-state index contributed by atoms with van der Waals surface area (Å²) >= 11 is 0. The first kappa shape index (κ1) is 35.3. The van der Waals surface area contributed by atoms with Gasteiger partial charge in [0.15, 0.2) is 35.6 Å². The molecule has 2 aliphatic rings. The second-order valence-corrected chi connectivity index (χ2v) is 10.8. The highest BCUT2D eigenvalue weighted by atomic mass is 16.7. The van der Waals surface area contributed by atoms with Gasteiger partial charge in [-0.1, -0.05) is 12.1 Å². The second-order valence-electron chi connectivity index (χ2n) is 10.8. The number of aliphatic hydroxyl groups excluding tert-OH is 5. The van der Waals surface area contributed by atoms with Crippen molar-refractivity contribution >= 4 is 12.0 Å². The van der Waals surface area contributed by atoms with E-state index in [1.807, 2.05) is 0 Å². The summed E-state index contributed by atoms with van der Waals surface area (Å²) in [6.45, 7) is 0.549. The Hall–Kier alpha value is -3.55. The maximum Gasteiger partial charge on any atom is 0.330 e. The smallest absolute Gasteiger partial charge is 0.330 e. The van der Waals surface area contributed by atoms with Crippen LogP contribution in [0, 0.1) is 0 Å². The predicted molar refractivity (Wildman–Crippen MR) is 153 cm³/mol. The van der Waals surface area contributed by atoms with Gasteiger partial charge in [0.05, 0.1) is 12.7 Å². The molecule has 0 unspecified atom stereocenters. The number of phenols is 4. The lowest BCUT2D eigenvalue weighted by Crippen LogP contribution is -2.64. The fourth-order valence-electron chi connectivity index (χ4n) is 4.86. The van der Waals surface area contributed by atoms with Gasteiger partial charge in [-0.2, -0.15) is 0 Å². The van der Waals surface area contributed by atoms with Crippen LogP contribution in [0.3, 0.4) is 0 Å². The number of carbonyl (C=O) groups is 1. The molecule has 0 saturated carbocycles. The number of esters is 1. The molecule has 2 aromatic carbocycles. The number of ether oxygens (including phenoxy) is 6. The summed E-state index contributed by atoms with van der Waals surface area (Å²) in [4.78, 5) is 12.4. The lowest BCUT2D eigenvalue weighted by atomic mass is 9.97. The molecule has 0 radical (unpaired) electrons. The average Bonchev–Trinajstić information content (AvgIpc) is 3.03. The Morgan fingerprint density at radius 3 is 2.15 bits per heavy atom. The topological polar surface area (TPSA) is 255 Å². The third kappa shape index (κ3) is 8.23. The van der Waals surface area contributed by atoms with Crippen molar-refractivity contribution in [1.82, 2.24) is 0 Å². The van der Waals surface area contributed by atoms with Gasteiger partial charge >= 0.3 is 5.97 Å². The number of carbonyl (C=O) groups excluding carboxylic acids is 1. The van der Waals surface area contributed by atoms with Crippen molar-refractivity contribution in [2.24, 2.45) is 0 Å². The Morgan fingerprint density at radius 2 is 1.50 bits per heavy atom. The van der Waals surface area contributed by atoms with Gasteiger partial charge in [-0.25, -0.2) is 4.79 Å². The van der Waals surface area contributed by atoms with E-state index in [1.165, 1.54) is 56.5 Å². The van der Waals surface area contributed by atoms with E-state index in [4.69, 9.17) is 28.4 Å². The van der Waals surface area contributed by atoms with Crippen LogP contribution in [-0.4, -0.2) is 134 Å². The standard InChI is InChI=1S/C30H38O16/c1-13-23(36)25(38)26(39)30(44-13)46-28-24(37)21(12-42-22(35)8-4-14-3-6-16(31)18(33)9-14)45-29(27(28)40)43-11-20(41-2)15-5-7-17(32)19(34)10-15/h3-10,13,20-21,23-34,36-40H,11-12H2,1-2H3/t13-,20+,21+,23-,24+,25+,26+,27+,28-,29+,30-/m0/s1. The zero-order chi connectivity index (χ0) is 33.7. The molecular weight excluding hydrogens is 616 g/mol. The minimum Gasteiger partial charge on any atom is -0.504 e. The number of benzene rings is 2. The first-order chi connectivity index (χ1) is 21.8. The van der Waals surface area contributed by atoms with Gasteiger partial charge in [0, 0.05) is 13.2 Å². The Morgan fingerprint density at radius 1 is 0.826 bits per heavy atom. The summed E-state index contributed by atoms with van der Waals surface area (Å²) in [6.07, 6.45) is -14.0. The quantitative estimate of drug-likeness (QED) is 0.0811. The monoisotopic (exact) mass is 654 g/mol. The van der Waals surface area contributed by atoms with Gasteiger partial charge in [-0.05, 0) is 48.4 Å². The number of aliphatic hydroxyl groups is 5. The van der Waals surface area contributed by atoms with Gasteiger partial charge in [0.1, 0.15) is 55.4 Å². The van der Waals surface area contributed by atoms with Gasteiger partial charge in [0.2, 0.25) is 0 Å². The highest BCUT2D eigenvalue weighted by Gasteiger charge is 2.50. The maximum atomic E-state index is 12.4. The molecule has 0 spiro atoms. The Balaban J connectivity index is 1.49. The van der Waals surface area contributed by atoms with Gasteiger partial charge in [0.25, 0.3) is 0 Å². The normalized spacial score (nSPS) is 32.3. The van der Waals surface area contributed by atoms with E-state index in [-0.39, 0.29) is 18.1 Å². The molecule has 254 valence electrons. The van der Waals surface area contributed by atoms with Gasteiger partial charge in [-0.15, -0.1) is 0 Å². The highest BCUT2D eigenvalue weighted by molar-refractivity contribution is 5.87. The fourth-order valence-corrected chi connectivity index (χ4v) is 4.86. The van der Waals surface area contributed by atoms with E-state index in [2.05, 4.69) is 0 Å². The van der Waals surface area contributed by atoms with Crippen molar-refractivity contribution in [3.8, 4) is 23.0 Å². The average molecular weight is 655 g/mol. The van der Waals surface area contributed by atoms with Crippen LogP contribution in [-0.2, 0) is 33.2 Å². The summed E-state index contributed by atoms with van der Waals surface area (Å²) in [5.74, 6) is -2.38. The summed E-state index contributed by atoms with van der Waals surface area (Å²) in [5.41, 5.74) is 0.767. The van der Waals surface area contributed by atoms with Crippen LogP contribution in [0.25, 0.3) is 6.08 Å². The number of aromatic hydroxyl groups is 4. The molecule has 9 N–H and O–H groups in total. The van der Waals surface area contributed by atoms with Crippen LogP contribution < -0.4 is 0 Å². The summed E-state index contributed by atoms with van der Waals surface area (Å²) < 4.78 is 33.3. The van der Waals surface area contributed by atoms with Crippen LogP contribution in [0.2, 0.25) is 0 Å². The van der Waals surface area contributed by atoms with Gasteiger partial charge < -0.3 is 74.4 Å². The molecule has 0 aromatic heterocycles. The number of hydrogen-bond donors (Lipinski definition) is 9. The lowest BCUT2D eigenvalue weighted by Gasteiger charge is -2.46. The third-order valence-corrected chi connectivity index (χ3v) is 7.61. The predicted octanol–water partition coefficient (Wildman–Crippen LogP) is -0.871. The van der Waals surface area contributed by atoms with Crippen LogP contribution in [0.15, 0.2) is 42.5 Å². The molecule has 2 aromatic rings. The molecular formula is C30H38O16. The highest BCUT2D eigenvalue weighted by Crippen LogP contribution is 2.32. The van der Waals surface area contributed by atoms with Crippen LogP contribution in [0.1, 0.15) is 24.2 Å². The molecule has 16 nitrogen and oxygen atoms in total. The number of rotatable bonds is 11. The van der Waals surface area contributed by atoms with Crippen molar-refractivity contribution in [2.45, 2.75) is 74.4 Å². The fraction of sp³-hybridized carbons (Fsp3) is 0.500. The number of hydrogen-bond acceptors (Lipinski definition) is 16. The Kier molecular flexibility index (Phi) is 11.8. The lowest BCUT2D eigenvalue weighted by molar-refractivity contribution is -0.358. The van der Waals surface area contributed by atoms with Gasteiger partial charge in [-0.3, -0.25) is 0 Å². The molecule has 2 aliphatic heterocycles. The molecule has 11 atom stereocenters. The molecule has 16 heteroatoms. The van der Waals surface area contributed by atoms with E-state index in [0.29, 0.717) is 11.1 Å². The number of methoxy groups -OCH3 is 1. The summed E-state index contributed by atoms with van der Waals surface area (Å²) in [6, 6.07) is 7.84. The van der Waals surface area contributed by atoms with E-state index < -0.39 is 91.6 Å². The minimum atomic E-state index is -1.77. The van der Waals surface area contributed by atoms with E-state index >= 15 is 0 Å². The first-order valence-electron chi connectivity index (χ1n) is 14.2. The molecule has 2 fully saturated rings. The number of phenolic OH excluding ortho intramolecular Hbond substituents is 4.